The first-order chi connectivity index (χ1) is 18.1. The Labute approximate surface area is 223 Å². The quantitative estimate of drug-likeness (QED) is 0.354. The molecular weight excluding hydrogens is 486 g/mol. The number of fused-ring (bicyclic) bond motifs is 2. The summed E-state index contributed by atoms with van der Waals surface area (Å²) in [6.45, 7) is 4.33. The molecule has 0 bridgehead atoms. The highest BCUT2D eigenvalue weighted by Crippen LogP contribution is 2.41. The van der Waals surface area contributed by atoms with Crippen LogP contribution in [0.15, 0.2) is 24.4 Å². The fourth-order valence-electron chi connectivity index (χ4n) is 6.35. The van der Waals surface area contributed by atoms with Crippen molar-refractivity contribution in [2.75, 3.05) is 23.7 Å². The van der Waals surface area contributed by atoms with Gasteiger partial charge in [-0.05, 0) is 74.9 Å². The minimum Gasteiger partial charge on any atom is -0.351 e. The second-order valence-corrected chi connectivity index (χ2v) is 11.3. The van der Waals surface area contributed by atoms with E-state index in [4.69, 9.17) is 26.7 Å². The molecule has 9 heteroatoms. The van der Waals surface area contributed by atoms with Gasteiger partial charge in [0.25, 0.3) is 0 Å². The van der Waals surface area contributed by atoms with E-state index < -0.39 is 5.92 Å². The molecule has 1 amide bonds. The molecule has 1 saturated carbocycles. The van der Waals surface area contributed by atoms with Crippen LogP contribution in [0.5, 0.6) is 0 Å². The average molecular weight is 522 g/mol. The zero-order chi connectivity index (χ0) is 25.4. The van der Waals surface area contributed by atoms with Crippen LogP contribution in [0.3, 0.4) is 0 Å². The van der Waals surface area contributed by atoms with Crippen LogP contribution >= 0.6 is 11.6 Å². The van der Waals surface area contributed by atoms with E-state index >= 15 is 0 Å². The Bertz CT molecular complexity index is 1280. The van der Waals surface area contributed by atoms with Gasteiger partial charge < -0.3 is 16.0 Å². The summed E-state index contributed by atoms with van der Waals surface area (Å²) in [6.07, 6.45) is 12.4. The first-order valence-corrected chi connectivity index (χ1v) is 14.3. The fourth-order valence-corrected chi connectivity index (χ4v) is 6.53. The number of nitrogens with one attached hydrogen (secondary N) is 3. The zero-order valence-electron chi connectivity index (χ0n) is 21.5. The summed E-state index contributed by atoms with van der Waals surface area (Å²) in [6, 6.07) is 6.22. The topological polar surface area (TPSA) is 96.8 Å². The van der Waals surface area contributed by atoms with Crippen molar-refractivity contribution in [3.05, 3.63) is 40.7 Å². The number of unbranched alkanes of at least 4 members (excludes halogenated alkanes) is 1. The Hall–Kier alpha value is -2.71. The van der Waals surface area contributed by atoms with E-state index in [0.29, 0.717) is 40.3 Å². The lowest BCUT2D eigenvalue weighted by atomic mass is 9.87. The van der Waals surface area contributed by atoms with Gasteiger partial charge in [-0.2, -0.15) is 10.1 Å². The molecule has 2 fully saturated rings. The van der Waals surface area contributed by atoms with Crippen molar-refractivity contribution in [3.63, 3.8) is 0 Å². The monoisotopic (exact) mass is 521 g/mol. The van der Waals surface area contributed by atoms with E-state index in [1.165, 1.54) is 12.8 Å². The van der Waals surface area contributed by atoms with Crippen molar-refractivity contribution < 1.29 is 4.79 Å². The molecule has 2 aromatic heterocycles. The normalized spacial score (nSPS) is 21.4. The van der Waals surface area contributed by atoms with E-state index in [9.17, 15) is 4.79 Å². The minimum absolute atomic E-state index is 0.0854. The average Bonchev–Trinajstić information content (AvgIpc) is 3.65. The number of nitrogens with zero attached hydrogens (tertiary/aromatic N) is 4. The molecule has 196 valence electrons. The van der Waals surface area contributed by atoms with Crippen LogP contribution < -0.4 is 16.0 Å². The number of carbonyl (C=O) groups is 1. The first-order valence-electron chi connectivity index (χ1n) is 13.9. The van der Waals surface area contributed by atoms with Gasteiger partial charge in [0, 0.05) is 22.9 Å². The van der Waals surface area contributed by atoms with E-state index in [-0.39, 0.29) is 5.91 Å². The van der Waals surface area contributed by atoms with E-state index in [1.807, 2.05) is 12.1 Å². The summed E-state index contributed by atoms with van der Waals surface area (Å²) in [5, 5.41) is 16.6. The Balaban J connectivity index is 1.43. The third kappa shape index (κ3) is 4.93. The van der Waals surface area contributed by atoms with Gasteiger partial charge in [-0.1, -0.05) is 44.2 Å². The van der Waals surface area contributed by atoms with Crippen LogP contribution in [0.4, 0.5) is 11.6 Å². The number of amides is 1. The molecule has 2 unspecified atom stereocenters. The van der Waals surface area contributed by atoms with Crippen molar-refractivity contribution in [1.82, 2.24) is 25.1 Å². The molecule has 1 aliphatic carbocycles. The van der Waals surface area contributed by atoms with Gasteiger partial charge in [-0.15, -0.1) is 0 Å². The highest BCUT2D eigenvalue weighted by atomic mass is 35.5. The van der Waals surface area contributed by atoms with Crippen LogP contribution in [-0.2, 0) is 4.79 Å². The summed E-state index contributed by atoms with van der Waals surface area (Å²) < 4.78 is 2.06. The van der Waals surface area contributed by atoms with Gasteiger partial charge in [0.1, 0.15) is 5.92 Å². The van der Waals surface area contributed by atoms with Crippen molar-refractivity contribution >= 4 is 40.2 Å². The van der Waals surface area contributed by atoms with Gasteiger partial charge in [0.15, 0.2) is 5.65 Å². The predicted molar refractivity (Wildman–Crippen MR) is 147 cm³/mol. The molecule has 37 heavy (non-hydrogen) atoms. The number of hydrogen-bond acceptors (Lipinski definition) is 6. The lowest BCUT2D eigenvalue weighted by Crippen LogP contribution is -2.38. The molecule has 0 radical (unpaired) electrons. The summed E-state index contributed by atoms with van der Waals surface area (Å²) >= 11 is 6.36. The van der Waals surface area contributed by atoms with Gasteiger partial charge in [-0.25, -0.2) is 4.98 Å². The Morgan fingerprint density at radius 3 is 2.76 bits per heavy atom. The molecule has 8 nitrogen and oxygen atoms in total. The maximum atomic E-state index is 13.3. The van der Waals surface area contributed by atoms with E-state index in [2.05, 4.69) is 33.8 Å². The number of piperidine rings is 1. The molecule has 3 N–H and O–H groups in total. The molecule has 2 aliphatic heterocycles. The number of anilines is 2. The molecule has 3 aromatic rings. The summed E-state index contributed by atoms with van der Waals surface area (Å²) in [4.78, 5) is 23.3. The lowest BCUT2D eigenvalue weighted by molar-refractivity contribution is -0.116. The van der Waals surface area contributed by atoms with Gasteiger partial charge in [0.05, 0.1) is 17.1 Å². The lowest BCUT2D eigenvalue weighted by Gasteiger charge is -2.31. The minimum atomic E-state index is -0.547. The van der Waals surface area contributed by atoms with Crippen LogP contribution in [0.25, 0.3) is 11.0 Å². The first kappa shape index (κ1) is 24.6. The van der Waals surface area contributed by atoms with E-state index in [0.717, 1.165) is 74.7 Å². The third-order valence-corrected chi connectivity index (χ3v) is 8.61. The number of aromatic nitrogens is 4. The van der Waals surface area contributed by atoms with Crippen molar-refractivity contribution in [2.45, 2.75) is 82.7 Å². The Morgan fingerprint density at radius 1 is 1.16 bits per heavy atom. The van der Waals surface area contributed by atoms with Gasteiger partial charge in [0.2, 0.25) is 11.9 Å². The maximum Gasteiger partial charge on any atom is 0.238 e. The zero-order valence-corrected chi connectivity index (χ0v) is 22.2. The maximum absolute atomic E-state index is 13.3. The van der Waals surface area contributed by atoms with Crippen molar-refractivity contribution in [1.29, 1.82) is 0 Å². The Kier molecular flexibility index (Phi) is 7.04. The second kappa shape index (κ2) is 10.6. The highest BCUT2D eigenvalue weighted by Gasteiger charge is 2.36. The van der Waals surface area contributed by atoms with Crippen LogP contribution in [0.2, 0.25) is 5.02 Å². The largest absolute Gasteiger partial charge is 0.351 e. The molecule has 2 atom stereocenters. The molecule has 6 rings (SSSR count). The SMILES string of the molecule is CCCCC(Nc1nc(C2C(=O)Nc3ccc(Cl)cc32)c2cn(C3CCCC3)nc2n1)C1CCNCC1. The van der Waals surface area contributed by atoms with E-state index in [1.54, 1.807) is 6.07 Å². The summed E-state index contributed by atoms with van der Waals surface area (Å²) in [7, 11) is 0. The smallest absolute Gasteiger partial charge is 0.238 e. The van der Waals surface area contributed by atoms with Crippen molar-refractivity contribution in [3.8, 4) is 0 Å². The molecular formula is C28H36ClN7O. The molecule has 4 heterocycles. The van der Waals surface area contributed by atoms with Gasteiger partial charge >= 0.3 is 0 Å². The van der Waals surface area contributed by atoms with Crippen LogP contribution in [-0.4, -0.2) is 44.8 Å². The summed E-state index contributed by atoms with van der Waals surface area (Å²) in [5.74, 6) is 0.509. The molecule has 1 aromatic carbocycles. The highest BCUT2D eigenvalue weighted by molar-refractivity contribution is 6.31. The van der Waals surface area contributed by atoms with Crippen LogP contribution in [0.1, 0.15) is 87.9 Å². The molecule has 0 spiro atoms. The number of carbonyl (C=O) groups excluding carboxylic acids is 1. The predicted octanol–water partition coefficient (Wildman–Crippen LogP) is 5.65. The summed E-state index contributed by atoms with van der Waals surface area (Å²) in [5.41, 5.74) is 3.01. The molecule has 1 saturated heterocycles. The number of benzene rings is 1. The fraction of sp³-hybridized carbons (Fsp3) is 0.571. The molecule has 3 aliphatic rings. The van der Waals surface area contributed by atoms with Gasteiger partial charge in [-0.3, -0.25) is 9.48 Å². The number of halogens is 1. The Morgan fingerprint density at radius 2 is 1.97 bits per heavy atom. The standard InChI is InChI=1S/C28H36ClN7O/c1-2-3-8-22(17-11-13-30-14-12-17)32-28-33-25(24-20-15-18(29)9-10-23(20)31-27(24)37)21-16-36(35-26(21)34-28)19-6-4-5-7-19/h9-10,15-17,19,22,24,30H,2-8,11-14H2,1H3,(H,31,37)(H,32,34,35). The second-order valence-electron chi connectivity index (χ2n) is 10.9. The number of rotatable bonds is 8. The number of hydrogen-bond donors (Lipinski definition) is 3. The van der Waals surface area contributed by atoms with Crippen LogP contribution in [0, 0.1) is 5.92 Å². The van der Waals surface area contributed by atoms with Crippen molar-refractivity contribution in [2.24, 2.45) is 5.92 Å². The third-order valence-electron chi connectivity index (χ3n) is 8.38.